The van der Waals surface area contributed by atoms with Gasteiger partial charge in [-0.2, -0.15) is 0 Å². The van der Waals surface area contributed by atoms with Crippen molar-refractivity contribution in [1.29, 1.82) is 0 Å². The van der Waals surface area contributed by atoms with Crippen LogP contribution in [0, 0.1) is 0 Å². The third-order valence-electron chi connectivity index (χ3n) is 2.54. The van der Waals surface area contributed by atoms with Gasteiger partial charge in [-0.05, 0) is 30.2 Å². The lowest BCUT2D eigenvalue weighted by Gasteiger charge is -2.08. The summed E-state index contributed by atoms with van der Waals surface area (Å²) in [5.41, 5.74) is 2.04. The summed E-state index contributed by atoms with van der Waals surface area (Å²) in [5.74, 6) is -0.253. The number of pyridine rings is 1. The molecule has 0 saturated heterocycles. The van der Waals surface area contributed by atoms with Crippen LogP contribution in [0.5, 0.6) is 0 Å². The van der Waals surface area contributed by atoms with Crippen molar-refractivity contribution in [3.05, 3.63) is 42.1 Å². The zero-order chi connectivity index (χ0) is 12.3. The average Bonchev–Trinajstić information content (AvgIpc) is 2.37. The third kappa shape index (κ3) is 2.82. The molecule has 0 aliphatic heterocycles. The summed E-state index contributed by atoms with van der Waals surface area (Å²) in [5, 5.41) is 1.08. The van der Waals surface area contributed by atoms with Crippen LogP contribution in [-0.2, 0) is 16.0 Å². The molecule has 0 aliphatic carbocycles. The maximum Gasteiger partial charge on any atom is 0.319 e. The molecule has 2 rings (SSSR count). The number of methoxy groups -OCH3 is 1. The lowest BCUT2D eigenvalue weighted by atomic mass is 10.1. The molecule has 0 N–H and O–H groups in total. The first-order valence-electron chi connectivity index (χ1n) is 5.26. The number of carbonyl (C=O) groups is 1. The van der Waals surface area contributed by atoms with Crippen LogP contribution in [0.4, 0.5) is 0 Å². The van der Waals surface area contributed by atoms with E-state index in [9.17, 15) is 4.79 Å². The first kappa shape index (κ1) is 12.0. The molecule has 0 saturated carbocycles. The van der Waals surface area contributed by atoms with Crippen LogP contribution in [0.1, 0.15) is 5.56 Å². The Morgan fingerprint density at radius 2 is 2.29 bits per heavy atom. The Hall–Kier alpha value is -1.42. The Bertz CT molecular complexity index is 542. The zero-order valence-corrected chi connectivity index (χ0v) is 11.0. The fourth-order valence-corrected chi connectivity index (χ4v) is 2.23. The van der Waals surface area contributed by atoms with Crippen LogP contribution in [-0.4, -0.2) is 22.9 Å². The summed E-state index contributed by atoms with van der Waals surface area (Å²) in [7, 11) is 1.39. The lowest BCUT2D eigenvalue weighted by Crippen LogP contribution is -2.17. The summed E-state index contributed by atoms with van der Waals surface area (Å²) in [6, 6.07) is 9.89. The molecule has 0 aliphatic rings. The van der Waals surface area contributed by atoms with Crippen LogP contribution in [0.25, 0.3) is 10.9 Å². The van der Waals surface area contributed by atoms with Gasteiger partial charge in [0.15, 0.2) is 0 Å². The van der Waals surface area contributed by atoms with Crippen LogP contribution in [0.3, 0.4) is 0 Å². The van der Waals surface area contributed by atoms with Gasteiger partial charge in [0, 0.05) is 11.6 Å². The van der Waals surface area contributed by atoms with Gasteiger partial charge in [0.25, 0.3) is 0 Å². The highest BCUT2D eigenvalue weighted by molar-refractivity contribution is 9.10. The molecule has 4 heteroatoms. The fraction of sp³-hybridized carbons (Fsp3) is 0.231. The van der Waals surface area contributed by atoms with E-state index in [0.29, 0.717) is 6.42 Å². The first-order chi connectivity index (χ1) is 8.20. The van der Waals surface area contributed by atoms with Crippen LogP contribution in [0.2, 0.25) is 0 Å². The van der Waals surface area contributed by atoms with Crippen molar-refractivity contribution in [2.75, 3.05) is 7.11 Å². The van der Waals surface area contributed by atoms with Crippen molar-refractivity contribution < 1.29 is 9.53 Å². The minimum Gasteiger partial charge on any atom is -0.468 e. The normalized spacial score (nSPS) is 12.4. The van der Waals surface area contributed by atoms with Crippen molar-refractivity contribution in [2.24, 2.45) is 0 Å². The van der Waals surface area contributed by atoms with Crippen molar-refractivity contribution in [3.8, 4) is 0 Å². The van der Waals surface area contributed by atoms with E-state index in [0.717, 1.165) is 16.5 Å². The SMILES string of the molecule is COC(=O)C(Br)Cc1ccc2ncccc2c1. The second-order valence-corrected chi connectivity index (χ2v) is 4.83. The molecule has 3 nitrogen and oxygen atoms in total. The number of aromatic nitrogens is 1. The van der Waals surface area contributed by atoms with E-state index in [2.05, 4.69) is 25.7 Å². The van der Waals surface area contributed by atoms with Gasteiger partial charge in [0.05, 0.1) is 12.6 Å². The number of esters is 1. The Labute approximate surface area is 108 Å². The zero-order valence-electron chi connectivity index (χ0n) is 9.39. The topological polar surface area (TPSA) is 39.2 Å². The monoisotopic (exact) mass is 293 g/mol. The maximum absolute atomic E-state index is 11.3. The second-order valence-electron chi connectivity index (χ2n) is 3.73. The molecule has 0 bridgehead atoms. The largest absolute Gasteiger partial charge is 0.468 e. The Morgan fingerprint density at radius 3 is 3.06 bits per heavy atom. The summed E-state index contributed by atoms with van der Waals surface area (Å²) < 4.78 is 4.67. The molecule has 88 valence electrons. The molecule has 17 heavy (non-hydrogen) atoms. The molecule has 0 amide bonds. The average molecular weight is 294 g/mol. The lowest BCUT2D eigenvalue weighted by molar-refractivity contribution is -0.139. The molecular formula is C13H12BrNO2. The molecule has 1 atom stereocenters. The third-order valence-corrected chi connectivity index (χ3v) is 3.24. The van der Waals surface area contributed by atoms with E-state index in [1.807, 2.05) is 30.3 Å². The van der Waals surface area contributed by atoms with Crippen molar-refractivity contribution in [1.82, 2.24) is 4.98 Å². The molecule has 2 aromatic rings. The molecule has 1 heterocycles. The first-order valence-corrected chi connectivity index (χ1v) is 6.18. The number of hydrogen-bond donors (Lipinski definition) is 0. The van der Waals surface area contributed by atoms with Gasteiger partial charge in [-0.25, -0.2) is 0 Å². The van der Waals surface area contributed by atoms with Gasteiger partial charge in [0.2, 0.25) is 0 Å². The van der Waals surface area contributed by atoms with Crippen LogP contribution < -0.4 is 0 Å². The summed E-state index contributed by atoms with van der Waals surface area (Å²) in [6.07, 6.45) is 2.38. The second kappa shape index (κ2) is 5.27. The number of halogens is 1. The molecule has 1 unspecified atom stereocenters. The molecule has 0 spiro atoms. The van der Waals surface area contributed by atoms with E-state index < -0.39 is 0 Å². The fourth-order valence-electron chi connectivity index (χ4n) is 1.67. The number of hydrogen-bond acceptors (Lipinski definition) is 3. The Balaban J connectivity index is 2.22. The van der Waals surface area contributed by atoms with Crippen molar-refractivity contribution in [3.63, 3.8) is 0 Å². The number of ether oxygens (including phenoxy) is 1. The van der Waals surface area contributed by atoms with Gasteiger partial charge in [-0.15, -0.1) is 0 Å². The highest BCUT2D eigenvalue weighted by Gasteiger charge is 2.15. The number of nitrogens with zero attached hydrogens (tertiary/aromatic N) is 1. The molecule has 1 aromatic carbocycles. The summed E-state index contributed by atoms with van der Waals surface area (Å²) in [4.78, 5) is 15.2. The Kier molecular flexibility index (Phi) is 3.74. The number of alkyl halides is 1. The van der Waals surface area contributed by atoms with Gasteiger partial charge in [-0.3, -0.25) is 9.78 Å². The molecule has 0 radical (unpaired) electrons. The summed E-state index contributed by atoms with van der Waals surface area (Å²) >= 11 is 3.31. The van der Waals surface area contributed by atoms with Gasteiger partial charge in [0.1, 0.15) is 4.83 Å². The molecular weight excluding hydrogens is 282 g/mol. The van der Waals surface area contributed by atoms with E-state index >= 15 is 0 Å². The van der Waals surface area contributed by atoms with E-state index in [-0.39, 0.29) is 10.8 Å². The Morgan fingerprint density at radius 1 is 1.47 bits per heavy atom. The van der Waals surface area contributed by atoms with Crippen molar-refractivity contribution >= 4 is 32.8 Å². The predicted octanol–water partition coefficient (Wildman–Crippen LogP) is 2.71. The molecule has 1 aromatic heterocycles. The highest BCUT2D eigenvalue weighted by atomic mass is 79.9. The minimum absolute atomic E-state index is 0.253. The van der Waals surface area contributed by atoms with Gasteiger partial charge in [-0.1, -0.05) is 28.1 Å². The number of carbonyl (C=O) groups excluding carboxylic acids is 1. The number of rotatable bonds is 3. The predicted molar refractivity (Wildman–Crippen MR) is 70.2 cm³/mol. The van der Waals surface area contributed by atoms with Crippen LogP contribution in [0.15, 0.2) is 36.5 Å². The van der Waals surface area contributed by atoms with Gasteiger partial charge >= 0.3 is 5.97 Å². The van der Waals surface area contributed by atoms with Gasteiger partial charge < -0.3 is 4.74 Å². The van der Waals surface area contributed by atoms with E-state index in [4.69, 9.17) is 0 Å². The standard InChI is InChI=1S/C13H12BrNO2/c1-17-13(16)11(14)8-9-4-5-12-10(7-9)3-2-6-15-12/h2-7,11H,8H2,1H3. The number of fused-ring (bicyclic) bond motifs is 1. The minimum atomic E-state index is -0.304. The van der Waals surface area contributed by atoms with E-state index in [1.165, 1.54) is 7.11 Å². The van der Waals surface area contributed by atoms with E-state index in [1.54, 1.807) is 6.20 Å². The quantitative estimate of drug-likeness (QED) is 0.645. The maximum atomic E-state index is 11.3. The molecule has 0 fully saturated rings. The number of benzene rings is 1. The van der Waals surface area contributed by atoms with Crippen molar-refractivity contribution in [2.45, 2.75) is 11.2 Å². The van der Waals surface area contributed by atoms with Crippen LogP contribution >= 0.6 is 15.9 Å². The highest BCUT2D eigenvalue weighted by Crippen LogP contribution is 2.17. The summed E-state index contributed by atoms with van der Waals surface area (Å²) in [6.45, 7) is 0. The smallest absolute Gasteiger partial charge is 0.319 e.